The van der Waals surface area contributed by atoms with Gasteiger partial charge in [-0.05, 0) is 81.0 Å². The van der Waals surface area contributed by atoms with Crippen LogP contribution in [0.4, 0.5) is 0 Å². The van der Waals surface area contributed by atoms with Gasteiger partial charge in [0.15, 0.2) is 17.6 Å². The molecule has 0 unspecified atom stereocenters. The maximum atomic E-state index is 12.4. The number of hydrogen-bond acceptors (Lipinski definition) is 4. The Morgan fingerprint density at radius 2 is 1.71 bits per heavy atom. The van der Waals surface area contributed by atoms with Crippen molar-refractivity contribution in [3.8, 4) is 17.2 Å². The number of benzene rings is 2. The van der Waals surface area contributed by atoms with Crippen LogP contribution in [0.15, 0.2) is 30.3 Å². The number of carbonyl (C=O) groups excluding carboxylic acids is 1. The van der Waals surface area contributed by atoms with Gasteiger partial charge in [-0.2, -0.15) is 0 Å². The Hall–Kier alpha value is -2.69. The standard InChI is InChI=1S/C23H31NO4/c1-15-12-16(2)17(3)21(13-15)28-18(4)23(25)24-11-7-8-19-9-10-20(26-5)22(14-19)27-6/h9-10,12-14,18H,7-8,11H2,1-6H3,(H,24,25)/t18-/m1/s1. The maximum absolute atomic E-state index is 12.4. The number of amides is 1. The van der Waals surface area contributed by atoms with Crippen molar-refractivity contribution in [2.45, 2.75) is 46.6 Å². The lowest BCUT2D eigenvalue weighted by Gasteiger charge is -2.18. The van der Waals surface area contributed by atoms with E-state index in [2.05, 4.69) is 11.4 Å². The van der Waals surface area contributed by atoms with Gasteiger partial charge in [-0.3, -0.25) is 4.79 Å². The summed E-state index contributed by atoms with van der Waals surface area (Å²) in [6.45, 7) is 8.46. The van der Waals surface area contributed by atoms with Crippen molar-refractivity contribution in [3.05, 3.63) is 52.6 Å². The first-order chi connectivity index (χ1) is 13.3. The quantitative estimate of drug-likeness (QED) is 0.659. The van der Waals surface area contributed by atoms with E-state index in [-0.39, 0.29) is 5.91 Å². The van der Waals surface area contributed by atoms with Crippen LogP contribution >= 0.6 is 0 Å². The molecule has 0 heterocycles. The highest BCUT2D eigenvalue weighted by Gasteiger charge is 2.16. The van der Waals surface area contributed by atoms with Crippen LogP contribution in [0, 0.1) is 20.8 Å². The molecule has 0 saturated carbocycles. The third-order valence-corrected chi connectivity index (χ3v) is 4.83. The zero-order valence-corrected chi connectivity index (χ0v) is 17.7. The second kappa shape index (κ2) is 10.0. The predicted octanol–water partition coefficient (Wildman–Crippen LogP) is 4.15. The fourth-order valence-corrected chi connectivity index (χ4v) is 3.05. The largest absolute Gasteiger partial charge is 0.493 e. The first-order valence-electron chi connectivity index (χ1n) is 9.58. The summed E-state index contributed by atoms with van der Waals surface area (Å²) in [5.41, 5.74) is 4.50. The lowest BCUT2D eigenvalue weighted by Crippen LogP contribution is -2.37. The van der Waals surface area contributed by atoms with Crippen molar-refractivity contribution in [2.24, 2.45) is 0 Å². The van der Waals surface area contributed by atoms with Gasteiger partial charge in [-0.25, -0.2) is 0 Å². The van der Waals surface area contributed by atoms with Gasteiger partial charge in [-0.1, -0.05) is 12.1 Å². The van der Waals surface area contributed by atoms with Gasteiger partial charge in [0.25, 0.3) is 5.91 Å². The minimum absolute atomic E-state index is 0.106. The lowest BCUT2D eigenvalue weighted by molar-refractivity contribution is -0.127. The van der Waals surface area contributed by atoms with Crippen LogP contribution in [-0.2, 0) is 11.2 Å². The average Bonchev–Trinajstić information content (AvgIpc) is 2.68. The minimum Gasteiger partial charge on any atom is -0.493 e. The topological polar surface area (TPSA) is 56.8 Å². The zero-order valence-electron chi connectivity index (χ0n) is 17.7. The summed E-state index contributed by atoms with van der Waals surface area (Å²) < 4.78 is 16.5. The van der Waals surface area contributed by atoms with Gasteiger partial charge >= 0.3 is 0 Å². The molecule has 2 aromatic carbocycles. The van der Waals surface area contributed by atoms with Crippen molar-refractivity contribution >= 4 is 5.91 Å². The molecular formula is C23H31NO4. The van der Waals surface area contributed by atoms with E-state index in [0.717, 1.165) is 46.6 Å². The Labute approximate surface area is 168 Å². The molecule has 1 N–H and O–H groups in total. The van der Waals surface area contributed by atoms with E-state index in [9.17, 15) is 4.79 Å². The number of ether oxygens (including phenoxy) is 3. The summed E-state index contributed by atoms with van der Waals surface area (Å²) in [4.78, 5) is 12.4. The van der Waals surface area contributed by atoms with Crippen LogP contribution in [-0.4, -0.2) is 32.8 Å². The Bertz CT molecular complexity index is 816. The van der Waals surface area contributed by atoms with Gasteiger partial charge in [0.05, 0.1) is 14.2 Å². The number of carbonyl (C=O) groups is 1. The smallest absolute Gasteiger partial charge is 0.260 e. The molecule has 28 heavy (non-hydrogen) atoms. The summed E-state index contributed by atoms with van der Waals surface area (Å²) in [6.07, 6.45) is 1.13. The van der Waals surface area contributed by atoms with Crippen molar-refractivity contribution in [2.75, 3.05) is 20.8 Å². The van der Waals surface area contributed by atoms with Crippen LogP contribution in [0.1, 0.15) is 35.6 Å². The molecule has 0 aliphatic carbocycles. The lowest BCUT2D eigenvalue weighted by atomic mass is 10.1. The molecule has 0 fully saturated rings. The monoisotopic (exact) mass is 385 g/mol. The molecule has 0 bridgehead atoms. The van der Waals surface area contributed by atoms with Gasteiger partial charge in [0, 0.05) is 6.54 Å². The summed E-state index contributed by atoms with van der Waals surface area (Å²) >= 11 is 0. The summed E-state index contributed by atoms with van der Waals surface area (Å²) in [7, 11) is 3.25. The van der Waals surface area contributed by atoms with Crippen LogP contribution in [0.5, 0.6) is 17.2 Å². The van der Waals surface area contributed by atoms with Crippen LogP contribution < -0.4 is 19.5 Å². The number of methoxy groups -OCH3 is 2. The molecule has 0 saturated heterocycles. The average molecular weight is 386 g/mol. The van der Waals surface area contributed by atoms with Crippen molar-refractivity contribution < 1.29 is 19.0 Å². The third kappa shape index (κ3) is 5.65. The van der Waals surface area contributed by atoms with Gasteiger partial charge in [0.2, 0.25) is 0 Å². The SMILES string of the molecule is COc1ccc(CCCNC(=O)[C@@H](C)Oc2cc(C)cc(C)c2C)cc1OC. The molecular weight excluding hydrogens is 354 g/mol. The highest BCUT2D eigenvalue weighted by molar-refractivity contribution is 5.80. The molecule has 152 valence electrons. The van der Waals surface area contributed by atoms with Crippen molar-refractivity contribution in [1.82, 2.24) is 5.32 Å². The van der Waals surface area contributed by atoms with E-state index in [0.29, 0.717) is 12.3 Å². The molecule has 1 atom stereocenters. The van der Waals surface area contributed by atoms with E-state index in [1.165, 1.54) is 0 Å². The first-order valence-corrected chi connectivity index (χ1v) is 9.58. The van der Waals surface area contributed by atoms with E-state index < -0.39 is 6.10 Å². The third-order valence-electron chi connectivity index (χ3n) is 4.83. The van der Waals surface area contributed by atoms with Crippen LogP contribution in [0.25, 0.3) is 0 Å². The maximum Gasteiger partial charge on any atom is 0.260 e. The molecule has 0 aromatic heterocycles. The molecule has 0 spiro atoms. The molecule has 2 aromatic rings. The number of nitrogens with one attached hydrogen (secondary N) is 1. The van der Waals surface area contributed by atoms with Crippen molar-refractivity contribution in [3.63, 3.8) is 0 Å². The normalized spacial score (nSPS) is 11.6. The highest BCUT2D eigenvalue weighted by Crippen LogP contribution is 2.28. The summed E-state index contributed by atoms with van der Waals surface area (Å²) in [6, 6.07) is 9.96. The molecule has 0 radical (unpaired) electrons. The zero-order chi connectivity index (χ0) is 20.7. The molecule has 0 aliphatic heterocycles. The molecule has 0 aliphatic rings. The van der Waals surface area contributed by atoms with Gasteiger partial charge in [0.1, 0.15) is 5.75 Å². The Morgan fingerprint density at radius 1 is 1.00 bits per heavy atom. The summed E-state index contributed by atoms with van der Waals surface area (Å²) in [5.74, 6) is 2.10. The fraction of sp³-hybridized carbons (Fsp3) is 0.435. The minimum atomic E-state index is -0.541. The summed E-state index contributed by atoms with van der Waals surface area (Å²) in [5, 5.41) is 2.95. The second-order valence-electron chi connectivity index (χ2n) is 7.05. The highest BCUT2D eigenvalue weighted by atomic mass is 16.5. The van der Waals surface area contributed by atoms with E-state index >= 15 is 0 Å². The van der Waals surface area contributed by atoms with Gasteiger partial charge in [-0.15, -0.1) is 0 Å². The van der Waals surface area contributed by atoms with E-state index in [4.69, 9.17) is 14.2 Å². The van der Waals surface area contributed by atoms with E-state index in [1.54, 1.807) is 21.1 Å². The fourth-order valence-electron chi connectivity index (χ4n) is 3.05. The first kappa shape index (κ1) is 21.6. The molecule has 2 rings (SSSR count). The van der Waals surface area contributed by atoms with Crippen LogP contribution in [0.2, 0.25) is 0 Å². The Kier molecular flexibility index (Phi) is 7.73. The molecule has 5 heteroatoms. The Morgan fingerprint density at radius 3 is 2.39 bits per heavy atom. The van der Waals surface area contributed by atoms with Gasteiger partial charge < -0.3 is 19.5 Å². The Balaban J connectivity index is 1.82. The molecule has 1 amide bonds. The molecule has 5 nitrogen and oxygen atoms in total. The number of hydrogen-bond donors (Lipinski definition) is 1. The number of aryl methyl sites for hydroxylation is 3. The van der Waals surface area contributed by atoms with E-state index in [1.807, 2.05) is 45.0 Å². The van der Waals surface area contributed by atoms with Crippen LogP contribution in [0.3, 0.4) is 0 Å². The van der Waals surface area contributed by atoms with Crippen molar-refractivity contribution in [1.29, 1.82) is 0 Å². The number of rotatable bonds is 9. The predicted molar refractivity (Wildman–Crippen MR) is 112 cm³/mol. The second-order valence-corrected chi connectivity index (χ2v) is 7.05.